The van der Waals surface area contributed by atoms with Crippen molar-refractivity contribution in [3.8, 4) is 0 Å². The van der Waals surface area contributed by atoms with Crippen LogP contribution in [-0.2, 0) is 9.59 Å². The molecule has 0 fully saturated rings. The summed E-state index contributed by atoms with van der Waals surface area (Å²) < 4.78 is 0.260. The van der Waals surface area contributed by atoms with Crippen LogP contribution in [0.25, 0.3) is 0 Å². The van der Waals surface area contributed by atoms with Crippen LogP contribution in [0.3, 0.4) is 0 Å². The van der Waals surface area contributed by atoms with Crippen molar-refractivity contribution < 1.29 is 9.59 Å². The van der Waals surface area contributed by atoms with Gasteiger partial charge in [-0.2, -0.15) is 0 Å². The summed E-state index contributed by atoms with van der Waals surface area (Å²) >= 11 is 2.44. The Balaban J connectivity index is 2.79. The Bertz CT molecular complexity index is 199. The second-order valence-electron chi connectivity index (χ2n) is 1.54. The van der Waals surface area contributed by atoms with Crippen LogP contribution in [-0.4, -0.2) is 32.6 Å². The summed E-state index contributed by atoms with van der Waals surface area (Å²) in [6.45, 7) is 0. The molecule has 2 amide bonds. The van der Waals surface area contributed by atoms with Crippen LogP contribution in [0, 0.1) is 0 Å². The maximum absolute atomic E-state index is 10.5. The zero-order valence-corrected chi connectivity index (χ0v) is 6.09. The van der Waals surface area contributed by atoms with Gasteiger partial charge in [-0.25, -0.2) is 0 Å². The SMILES string of the molecule is O=C1CC(=O)NC([Se])=N1. The maximum atomic E-state index is 10.5. The van der Waals surface area contributed by atoms with Crippen molar-refractivity contribution >= 4 is 32.6 Å². The van der Waals surface area contributed by atoms with Gasteiger partial charge in [-0.05, 0) is 0 Å². The average Bonchev–Trinajstić information content (AvgIpc) is 1.59. The van der Waals surface area contributed by atoms with Crippen molar-refractivity contribution in [3.63, 3.8) is 0 Å². The van der Waals surface area contributed by atoms with Gasteiger partial charge in [-0.1, -0.05) is 0 Å². The van der Waals surface area contributed by atoms with Crippen LogP contribution in [0.4, 0.5) is 0 Å². The number of hydrogen-bond acceptors (Lipinski definition) is 2. The first kappa shape index (κ1) is 6.45. The number of hydrogen-bond donors (Lipinski definition) is 1. The summed E-state index contributed by atoms with van der Waals surface area (Å²) in [6.07, 6.45) is -0.134. The minimum atomic E-state index is -0.396. The molecule has 0 aromatic rings. The van der Waals surface area contributed by atoms with E-state index in [-0.39, 0.29) is 17.1 Å². The van der Waals surface area contributed by atoms with E-state index in [9.17, 15) is 9.59 Å². The topological polar surface area (TPSA) is 58.5 Å². The van der Waals surface area contributed by atoms with E-state index in [0.717, 1.165) is 0 Å². The predicted octanol–water partition coefficient (Wildman–Crippen LogP) is -1.44. The minimum absolute atomic E-state index is 0.134. The monoisotopic (exact) mass is 191 g/mol. The molecular weight excluding hydrogens is 187 g/mol. The van der Waals surface area contributed by atoms with Gasteiger partial charge in [0.1, 0.15) is 0 Å². The molecule has 9 heavy (non-hydrogen) atoms. The fraction of sp³-hybridized carbons (Fsp3) is 0.250. The molecule has 0 aromatic heterocycles. The third kappa shape index (κ3) is 1.62. The normalized spacial score (nSPS) is 18.9. The molecule has 1 heterocycles. The van der Waals surface area contributed by atoms with Gasteiger partial charge in [0.05, 0.1) is 0 Å². The van der Waals surface area contributed by atoms with Crippen molar-refractivity contribution in [1.82, 2.24) is 5.32 Å². The van der Waals surface area contributed by atoms with E-state index in [1.807, 2.05) is 0 Å². The molecule has 0 saturated carbocycles. The summed E-state index contributed by atoms with van der Waals surface area (Å²) in [7, 11) is 0. The predicted molar refractivity (Wildman–Crippen MR) is 31.0 cm³/mol. The summed E-state index contributed by atoms with van der Waals surface area (Å²) in [5, 5.41) is 2.34. The molecule has 0 bridgehead atoms. The molecular formula is C4H3N2O2Se. The number of nitrogens with one attached hydrogen (secondary N) is 1. The van der Waals surface area contributed by atoms with E-state index in [1.54, 1.807) is 0 Å². The van der Waals surface area contributed by atoms with E-state index in [1.165, 1.54) is 0 Å². The number of amides is 2. The van der Waals surface area contributed by atoms with Gasteiger partial charge in [0.25, 0.3) is 0 Å². The summed E-state index contributed by atoms with van der Waals surface area (Å²) in [4.78, 5) is 24.3. The number of amidine groups is 1. The van der Waals surface area contributed by atoms with Gasteiger partial charge in [0.15, 0.2) is 0 Å². The third-order valence-electron chi connectivity index (χ3n) is 0.784. The molecule has 0 aromatic carbocycles. The van der Waals surface area contributed by atoms with Crippen LogP contribution in [0.1, 0.15) is 6.42 Å². The van der Waals surface area contributed by atoms with Crippen molar-refractivity contribution in [1.29, 1.82) is 0 Å². The average molecular weight is 190 g/mol. The van der Waals surface area contributed by atoms with Crippen LogP contribution in [0.5, 0.6) is 0 Å². The van der Waals surface area contributed by atoms with E-state index in [0.29, 0.717) is 0 Å². The van der Waals surface area contributed by atoms with Gasteiger partial charge < -0.3 is 0 Å². The summed E-state index contributed by atoms with van der Waals surface area (Å²) in [5.41, 5.74) is 0. The van der Waals surface area contributed by atoms with Gasteiger partial charge in [0.2, 0.25) is 0 Å². The standard InChI is InChI=1S/C4H3N2O2Se/c7-2-1-3(8)6-4(9)5-2/h1H2,(H,5,6,7,8). The Kier molecular flexibility index (Phi) is 1.64. The van der Waals surface area contributed by atoms with Gasteiger partial charge in [-0.3, -0.25) is 0 Å². The number of carbonyl (C=O) groups excluding carboxylic acids is 2. The van der Waals surface area contributed by atoms with Crippen LogP contribution < -0.4 is 5.32 Å². The molecule has 0 saturated heterocycles. The Morgan fingerprint density at radius 1 is 1.56 bits per heavy atom. The molecule has 0 atom stereocenters. The van der Waals surface area contributed by atoms with Crippen molar-refractivity contribution in [2.75, 3.05) is 0 Å². The molecule has 0 spiro atoms. The van der Waals surface area contributed by atoms with Gasteiger partial charge in [-0.15, -0.1) is 0 Å². The van der Waals surface area contributed by atoms with Crippen molar-refractivity contribution in [3.05, 3.63) is 0 Å². The Morgan fingerprint density at radius 2 is 2.22 bits per heavy atom. The van der Waals surface area contributed by atoms with Gasteiger partial charge >= 0.3 is 58.9 Å². The molecule has 1 aliphatic rings. The first-order valence-corrected chi connectivity index (χ1v) is 3.12. The zero-order chi connectivity index (χ0) is 6.85. The van der Waals surface area contributed by atoms with Crippen LogP contribution in [0.15, 0.2) is 4.99 Å². The quantitative estimate of drug-likeness (QED) is 0.375. The first-order valence-electron chi connectivity index (χ1n) is 2.27. The van der Waals surface area contributed by atoms with E-state index < -0.39 is 5.91 Å². The zero-order valence-electron chi connectivity index (χ0n) is 4.38. The molecule has 0 unspecified atom stereocenters. The fourth-order valence-electron chi connectivity index (χ4n) is 0.482. The van der Waals surface area contributed by atoms with Crippen LogP contribution in [0.2, 0.25) is 0 Å². The second-order valence-corrected chi connectivity index (χ2v) is 2.35. The van der Waals surface area contributed by atoms with E-state index in [2.05, 4.69) is 26.3 Å². The van der Waals surface area contributed by atoms with E-state index >= 15 is 0 Å². The molecule has 47 valence electrons. The Morgan fingerprint density at radius 3 is 2.67 bits per heavy atom. The Hall–Kier alpha value is -0.671. The molecule has 5 heteroatoms. The van der Waals surface area contributed by atoms with Crippen molar-refractivity contribution in [2.24, 2.45) is 4.99 Å². The molecule has 1 radical (unpaired) electrons. The molecule has 4 nitrogen and oxygen atoms in total. The molecule has 1 rings (SSSR count). The van der Waals surface area contributed by atoms with E-state index in [4.69, 9.17) is 0 Å². The second kappa shape index (κ2) is 2.29. The molecule has 1 N–H and O–H groups in total. The number of carbonyl (C=O) groups is 2. The first-order chi connectivity index (χ1) is 4.18. The number of aliphatic imine (C=N–C) groups is 1. The fourth-order valence-corrected chi connectivity index (χ4v) is 0.934. The number of nitrogens with zero attached hydrogens (tertiary/aromatic N) is 1. The number of rotatable bonds is 0. The van der Waals surface area contributed by atoms with Crippen molar-refractivity contribution in [2.45, 2.75) is 6.42 Å². The molecule has 1 aliphatic heterocycles. The third-order valence-corrected chi connectivity index (χ3v) is 1.19. The van der Waals surface area contributed by atoms with Gasteiger partial charge in [0, 0.05) is 0 Å². The summed E-state index contributed by atoms with van der Waals surface area (Å²) in [6, 6.07) is 0. The summed E-state index contributed by atoms with van der Waals surface area (Å²) in [5.74, 6) is -0.698. The van der Waals surface area contributed by atoms with Crippen LogP contribution >= 0.6 is 0 Å². The molecule has 0 aliphatic carbocycles. The Labute approximate surface area is 59.5 Å².